The number of anilines is 1. The van der Waals surface area contributed by atoms with E-state index in [1.165, 1.54) is 0 Å². The van der Waals surface area contributed by atoms with Crippen LogP contribution < -0.4 is 16.0 Å². The van der Waals surface area contributed by atoms with Crippen molar-refractivity contribution in [3.8, 4) is 6.07 Å². The van der Waals surface area contributed by atoms with Gasteiger partial charge >= 0.3 is 0 Å². The highest BCUT2D eigenvalue weighted by Crippen LogP contribution is 2.28. The minimum atomic E-state index is -0.675. The average molecular weight is 404 g/mol. The highest BCUT2D eigenvalue weighted by molar-refractivity contribution is 5.93. The molecule has 0 spiro atoms. The summed E-state index contributed by atoms with van der Waals surface area (Å²) in [6, 6.07) is 9.82. The largest absolute Gasteiger partial charge is 0.327 e. The molecule has 1 aromatic carbocycles. The number of nitrogens with one attached hydrogen (secondary N) is 3. The van der Waals surface area contributed by atoms with Crippen LogP contribution in [0.2, 0.25) is 0 Å². The van der Waals surface area contributed by atoms with Crippen LogP contribution in [0.1, 0.15) is 29.9 Å². The van der Waals surface area contributed by atoms with E-state index in [-0.39, 0.29) is 17.9 Å². The van der Waals surface area contributed by atoms with Crippen molar-refractivity contribution in [1.29, 1.82) is 5.26 Å². The first-order valence-corrected chi connectivity index (χ1v) is 10.1. The highest BCUT2D eigenvalue weighted by Gasteiger charge is 2.26. The summed E-state index contributed by atoms with van der Waals surface area (Å²) in [7, 11) is 0. The van der Waals surface area contributed by atoms with Crippen LogP contribution in [0, 0.1) is 18.3 Å². The van der Waals surface area contributed by atoms with Crippen molar-refractivity contribution in [2.75, 3.05) is 25.0 Å². The molecule has 1 aliphatic rings. The second-order valence-electron chi connectivity index (χ2n) is 7.23. The minimum absolute atomic E-state index is 0.187. The zero-order valence-electron chi connectivity index (χ0n) is 17.0. The number of hydrogen-bond acceptors (Lipinski definition) is 7. The van der Waals surface area contributed by atoms with Crippen molar-refractivity contribution in [1.82, 2.24) is 30.2 Å². The number of nitrogens with zero attached hydrogens (tertiary/aromatic N) is 5. The monoisotopic (exact) mass is 404 g/mol. The van der Waals surface area contributed by atoms with Crippen LogP contribution in [-0.4, -0.2) is 51.1 Å². The van der Waals surface area contributed by atoms with E-state index in [2.05, 4.69) is 32.0 Å². The third-order valence-corrected chi connectivity index (χ3v) is 5.26. The summed E-state index contributed by atoms with van der Waals surface area (Å²) in [6.07, 6.45) is 1.63. The summed E-state index contributed by atoms with van der Waals surface area (Å²) < 4.78 is 2.03. The fourth-order valence-corrected chi connectivity index (χ4v) is 3.73. The highest BCUT2D eigenvalue weighted by atomic mass is 16.2. The van der Waals surface area contributed by atoms with Crippen molar-refractivity contribution >= 4 is 22.9 Å². The Labute approximate surface area is 174 Å². The topological polar surface area (TPSA) is 121 Å². The molecule has 1 fully saturated rings. The number of carbonyl (C=O) groups is 1. The first-order valence-electron chi connectivity index (χ1n) is 10.1. The van der Waals surface area contributed by atoms with E-state index in [1.807, 2.05) is 42.7 Å². The molecule has 4 rings (SSSR count). The maximum atomic E-state index is 12.5. The van der Waals surface area contributed by atoms with Crippen LogP contribution in [0.4, 0.5) is 5.95 Å². The molecule has 2 unspecified atom stereocenters. The normalized spacial score (nSPS) is 17.4. The van der Waals surface area contributed by atoms with Crippen molar-refractivity contribution in [2.24, 2.45) is 0 Å². The molecule has 154 valence electrons. The van der Waals surface area contributed by atoms with Crippen LogP contribution in [0.5, 0.6) is 0 Å². The summed E-state index contributed by atoms with van der Waals surface area (Å²) >= 11 is 0. The van der Waals surface area contributed by atoms with Gasteiger partial charge in [-0.05, 0) is 31.5 Å². The molecule has 0 radical (unpaired) electrons. The fourth-order valence-electron chi connectivity index (χ4n) is 3.73. The molecule has 30 heavy (non-hydrogen) atoms. The zero-order valence-corrected chi connectivity index (χ0v) is 17.0. The number of rotatable bonds is 5. The molecule has 9 heteroatoms. The van der Waals surface area contributed by atoms with Crippen LogP contribution in [0.25, 0.3) is 11.0 Å². The number of para-hydroxylation sites is 2. The van der Waals surface area contributed by atoms with Gasteiger partial charge in [-0.15, -0.1) is 0 Å². The predicted octanol–water partition coefficient (Wildman–Crippen LogP) is 1.31. The maximum absolute atomic E-state index is 12.5. The molecule has 3 heterocycles. The molecule has 2 aromatic heterocycles. The number of aromatic nitrogens is 4. The molecular formula is C21H24N8O. The summed E-state index contributed by atoms with van der Waals surface area (Å²) in [4.78, 5) is 26.0. The summed E-state index contributed by atoms with van der Waals surface area (Å²) in [5.74, 6) is -0.0532. The van der Waals surface area contributed by atoms with Crippen LogP contribution >= 0.6 is 0 Å². The van der Waals surface area contributed by atoms with Gasteiger partial charge in [-0.1, -0.05) is 12.1 Å². The van der Waals surface area contributed by atoms with E-state index in [0.717, 1.165) is 29.7 Å². The van der Waals surface area contributed by atoms with Crippen molar-refractivity contribution < 1.29 is 4.79 Å². The van der Waals surface area contributed by atoms with Gasteiger partial charge in [0.15, 0.2) is 0 Å². The molecule has 3 N–H and O–H groups in total. The number of piperazine rings is 1. The molecule has 1 amide bonds. The molecule has 1 aliphatic heterocycles. The van der Waals surface area contributed by atoms with E-state index < -0.39 is 5.92 Å². The number of imidazole rings is 1. The van der Waals surface area contributed by atoms with Crippen molar-refractivity contribution in [3.05, 3.63) is 47.5 Å². The minimum Gasteiger partial charge on any atom is -0.327 e. The second-order valence-corrected chi connectivity index (χ2v) is 7.23. The molecule has 0 saturated carbocycles. The Kier molecular flexibility index (Phi) is 5.70. The molecule has 0 bridgehead atoms. The molecule has 9 nitrogen and oxygen atoms in total. The van der Waals surface area contributed by atoms with E-state index >= 15 is 0 Å². The van der Waals surface area contributed by atoms with Gasteiger partial charge in [0.05, 0.1) is 28.8 Å². The lowest BCUT2D eigenvalue weighted by atomic mass is 10.0. The van der Waals surface area contributed by atoms with Crippen molar-refractivity contribution in [2.45, 2.75) is 32.4 Å². The van der Waals surface area contributed by atoms with Gasteiger partial charge in [0, 0.05) is 32.4 Å². The summed E-state index contributed by atoms with van der Waals surface area (Å²) in [5, 5.41) is 19.1. The fraction of sp³-hybridized carbons (Fsp3) is 0.381. The molecule has 0 aliphatic carbocycles. The number of amides is 1. The van der Waals surface area contributed by atoms with Gasteiger partial charge in [0.25, 0.3) is 0 Å². The Morgan fingerprint density at radius 1 is 1.37 bits per heavy atom. The third kappa shape index (κ3) is 3.75. The van der Waals surface area contributed by atoms with Gasteiger partial charge in [0.2, 0.25) is 11.9 Å². The van der Waals surface area contributed by atoms with Crippen molar-refractivity contribution in [3.63, 3.8) is 0 Å². The zero-order chi connectivity index (χ0) is 21.1. The molecule has 2 atom stereocenters. The SMILES string of the molecule is CCn1c(C(C#N)c2nc(NC(=O)C3CNCCN3)ncc2C)nc2ccccc21. The summed E-state index contributed by atoms with van der Waals surface area (Å²) in [6.45, 7) is 6.67. The van der Waals surface area contributed by atoms with Crippen LogP contribution in [0.3, 0.4) is 0 Å². The Balaban J connectivity index is 1.68. The second kappa shape index (κ2) is 8.57. The number of carbonyl (C=O) groups excluding carboxylic acids is 1. The first kappa shape index (κ1) is 19.9. The van der Waals surface area contributed by atoms with Gasteiger partial charge in [0.1, 0.15) is 11.7 Å². The van der Waals surface area contributed by atoms with E-state index in [0.29, 0.717) is 24.6 Å². The standard InChI is InChI=1S/C21H24N8O/c1-3-29-17-7-5-4-6-15(17)26-19(29)14(10-22)18-13(2)11-25-21(27-18)28-20(30)16-12-23-8-9-24-16/h4-7,11,14,16,23-24H,3,8-9,12H2,1-2H3,(H,25,27,28,30). The third-order valence-electron chi connectivity index (χ3n) is 5.26. The Bertz CT molecular complexity index is 1110. The number of nitriles is 1. The van der Waals surface area contributed by atoms with Gasteiger partial charge in [-0.3, -0.25) is 10.1 Å². The number of fused-ring (bicyclic) bond motifs is 1. The quantitative estimate of drug-likeness (QED) is 0.586. The number of hydrogen-bond donors (Lipinski definition) is 3. The van der Waals surface area contributed by atoms with Crippen LogP contribution in [0.15, 0.2) is 30.5 Å². The average Bonchev–Trinajstić information content (AvgIpc) is 3.15. The lowest BCUT2D eigenvalue weighted by Crippen LogP contribution is -2.54. The molecular weight excluding hydrogens is 380 g/mol. The van der Waals surface area contributed by atoms with E-state index in [1.54, 1.807) is 6.20 Å². The number of aryl methyl sites for hydroxylation is 2. The molecule has 1 saturated heterocycles. The first-order chi connectivity index (χ1) is 14.6. The van der Waals surface area contributed by atoms with Gasteiger partial charge in [-0.25, -0.2) is 15.0 Å². The number of benzene rings is 1. The van der Waals surface area contributed by atoms with Crippen LogP contribution in [-0.2, 0) is 11.3 Å². The molecule has 3 aromatic rings. The van der Waals surface area contributed by atoms with Gasteiger partial charge < -0.3 is 15.2 Å². The lowest BCUT2D eigenvalue weighted by molar-refractivity contribution is -0.118. The Morgan fingerprint density at radius 3 is 2.93 bits per heavy atom. The van der Waals surface area contributed by atoms with E-state index in [4.69, 9.17) is 4.98 Å². The Morgan fingerprint density at radius 2 is 2.20 bits per heavy atom. The maximum Gasteiger partial charge on any atom is 0.245 e. The van der Waals surface area contributed by atoms with Gasteiger partial charge in [-0.2, -0.15) is 5.26 Å². The lowest BCUT2D eigenvalue weighted by Gasteiger charge is -2.23. The van der Waals surface area contributed by atoms with E-state index in [9.17, 15) is 10.1 Å². The Hall–Kier alpha value is -3.35. The predicted molar refractivity (Wildman–Crippen MR) is 113 cm³/mol. The summed E-state index contributed by atoms with van der Waals surface area (Å²) in [5.41, 5.74) is 3.13. The smallest absolute Gasteiger partial charge is 0.245 e.